The Hall–Kier alpha value is 0.160. The molecule has 22 heavy (non-hydrogen) atoms. The summed E-state index contributed by atoms with van der Waals surface area (Å²) < 4.78 is 0.668. The van der Waals surface area contributed by atoms with Crippen LogP contribution >= 0.6 is 22.9 Å². The zero-order chi connectivity index (χ0) is 16.5. The third kappa shape index (κ3) is 16.5. The van der Waals surface area contributed by atoms with Crippen molar-refractivity contribution >= 4 is 28.8 Å². The maximum absolute atomic E-state index is 11.1. The number of nitrogens with zero attached hydrogens (tertiary/aromatic N) is 1. The molecule has 0 fully saturated rings. The predicted octanol–water partition coefficient (Wildman–Crippen LogP) is 6.82. The van der Waals surface area contributed by atoms with Crippen LogP contribution in [0.15, 0.2) is 0 Å². The largest absolute Gasteiger partial charge is 0.276 e. The van der Waals surface area contributed by atoms with E-state index < -0.39 is 0 Å². The molecule has 0 bridgehead atoms. The lowest BCUT2D eigenvalue weighted by molar-refractivity contribution is -0.141. The summed E-state index contributed by atoms with van der Waals surface area (Å²) in [5, 5.41) is 8.91. The first-order valence-corrected chi connectivity index (χ1v) is 10.3. The second kappa shape index (κ2) is 17.5. The molecule has 0 saturated carbocycles. The van der Waals surface area contributed by atoms with Crippen LogP contribution in [-0.4, -0.2) is 14.4 Å². The highest BCUT2D eigenvalue weighted by molar-refractivity contribution is 14.1. The average Bonchev–Trinajstić information content (AvgIpc) is 2.50. The van der Waals surface area contributed by atoms with E-state index >= 15 is 0 Å². The molecule has 0 aromatic carbocycles. The van der Waals surface area contributed by atoms with Crippen molar-refractivity contribution < 1.29 is 10.0 Å². The third-order valence-corrected chi connectivity index (χ3v) is 4.74. The van der Waals surface area contributed by atoms with Crippen molar-refractivity contribution in [3.63, 3.8) is 0 Å². The molecule has 3 nitrogen and oxygen atoms in total. The molecule has 0 heterocycles. The number of carbonyl (C=O) groups excluding carboxylic acids is 1. The molecule has 0 atom stereocenters. The Morgan fingerprint density at radius 2 is 1.05 bits per heavy atom. The maximum atomic E-state index is 11.1. The number of rotatable bonds is 16. The van der Waals surface area contributed by atoms with Crippen molar-refractivity contribution in [3.05, 3.63) is 0 Å². The first kappa shape index (κ1) is 22.2. The summed E-state index contributed by atoms with van der Waals surface area (Å²) in [7, 11) is 0. The fourth-order valence-electron chi connectivity index (χ4n) is 2.74. The van der Waals surface area contributed by atoms with Gasteiger partial charge in [0.05, 0.1) is 22.9 Å². The second-order valence-corrected chi connectivity index (χ2v) is 7.27. The third-order valence-electron chi connectivity index (χ3n) is 4.20. The number of amides is 1. The van der Waals surface area contributed by atoms with Gasteiger partial charge in [0.15, 0.2) is 0 Å². The highest BCUT2D eigenvalue weighted by Crippen LogP contribution is 2.14. The molecule has 0 aliphatic rings. The van der Waals surface area contributed by atoms with E-state index in [1.165, 1.54) is 83.5 Å². The Balaban J connectivity index is 3.04. The molecule has 1 N–H and O–H groups in total. The lowest BCUT2D eigenvalue weighted by Gasteiger charge is -2.05. The van der Waals surface area contributed by atoms with E-state index in [4.69, 9.17) is 5.21 Å². The summed E-state index contributed by atoms with van der Waals surface area (Å²) in [5.41, 5.74) is 0. The summed E-state index contributed by atoms with van der Waals surface area (Å²) in [4.78, 5) is 11.1. The quantitative estimate of drug-likeness (QED) is 0.0970. The second-order valence-electron chi connectivity index (χ2n) is 6.35. The van der Waals surface area contributed by atoms with Crippen LogP contribution in [0.5, 0.6) is 0 Å². The molecule has 0 aliphatic heterocycles. The number of halogens is 1. The lowest BCUT2D eigenvalue weighted by Crippen LogP contribution is -2.15. The molecule has 1 amide bonds. The first-order valence-electron chi connectivity index (χ1n) is 9.36. The minimum absolute atomic E-state index is 0.185. The Bertz CT molecular complexity index is 247. The van der Waals surface area contributed by atoms with Crippen molar-refractivity contribution in [1.82, 2.24) is 3.28 Å². The fourth-order valence-corrected chi connectivity index (χ4v) is 2.98. The smallest absolute Gasteiger partial charge is 0.255 e. The number of hydrogen-bond acceptors (Lipinski definition) is 2. The van der Waals surface area contributed by atoms with Crippen LogP contribution < -0.4 is 0 Å². The van der Waals surface area contributed by atoms with Gasteiger partial charge in [0, 0.05) is 6.42 Å². The molecular weight excluding hydrogens is 389 g/mol. The summed E-state index contributed by atoms with van der Waals surface area (Å²) in [5.74, 6) is -0.185. The highest BCUT2D eigenvalue weighted by Gasteiger charge is 2.05. The number of hydroxylamine groups is 1. The maximum Gasteiger partial charge on any atom is 0.255 e. The summed E-state index contributed by atoms with van der Waals surface area (Å²) in [6.07, 6.45) is 20.4. The number of hydrogen-bond donors (Lipinski definition) is 1. The Labute approximate surface area is 151 Å². The van der Waals surface area contributed by atoms with E-state index in [9.17, 15) is 4.79 Å². The number of unbranched alkanes of at least 4 members (excludes halogenated alkanes) is 14. The lowest BCUT2D eigenvalue weighted by atomic mass is 10.0. The van der Waals surface area contributed by atoms with E-state index in [0.29, 0.717) is 9.70 Å². The fraction of sp³-hybridized carbons (Fsp3) is 0.944. The molecular formula is C18H36INO2. The Morgan fingerprint density at radius 3 is 1.36 bits per heavy atom. The molecule has 0 radical (unpaired) electrons. The molecule has 0 spiro atoms. The normalized spacial score (nSPS) is 10.9. The van der Waals surface area contributed by atoms with Crippen molar-refractivity contribution in [3.8, 4) is 0 Å². The van der Waals surface area contributed by atoms with Gasteiger partial charge in [-0.3, -0.25) is 10.0 Å². The minimum atomic E-state index is -0.185. The average molecular weight is 425 g/mol. The molecule has 0 aliphatic carbocycles. The Morgan fingerprint density at radius 1 is 0.727 bits per heavy atom. The minimum Gasteiger partial charge on any atom is -0.276 e. The Kier molecular flexibility index (Phi) is 17.6. The van der Waals surface area contributed by atoms with Crippen molar-refractivity contribution in [2.24, 2.45) is 0 Å². The van der Waals surface area contributed by atoms with Crippen LogP contribution in [0, 0.1) is 0 Å². The number of carbonyl (C=O) groups is 1. The van der Waals surface area contributed by atoms with Gasteiger partial charge < -0.3 is 0 Å². The van der Waals surface area contributed by atoms with Crippen LogP contribution in [0.3, 0.4) is 0 Å². The van der Waals surface area contributed by atoms with Crippen LogP contribution in [0.25, 0.3) is 0 Å². The van der Waals surface area contributed by atoms with E-state index in [0.717, 1.165) is 12.8 Å². The standard InChI is InChI=1S/C18H36INO2/c1-2-3-4-5-6-7-8-9-10-11-12-13-14-15-16-17-18(21)20(19)22/h22H,2-17H2,1H3. The van der Waals surface area contributed by atoms with Gasteiger partial charge >= 0.3 is 0 Å². The van der Waals surface area contributed by atoms with Crippen molar-refractivity contribution in [2.45, 2.75) is 110 Å². The molecule has 0 aromatic heterocycles. The molecule has 0 rings (SSSR count). The van der Waals surface area contributed by atoms with Gasteiger partial charge in [0.1, 0.15) is 0 Å². The van der Waals surface area contributed by atoms with Crippen molar-refractivity contribution in [2.75, 3.05) is 0 Å². The van der Waals surface area contributed by atoms with Crippen LogP contribution in [0.2, 0.25) is 0 Å². The van der Waals surface area contributed by atoms with E-state index in [1.807, 2.05) is 0 Å². The molecule has 0 aromatic rings. The molecule has 0 saturated heterocycles. The SMILES string of the molecule is CCCCCCCCCCCCCCCCCC(=O)N(O)I. The summed E-state index contributed by atoms with van der Waals surface area (Å²) in [6, 6.07) is 0. The van der Waals surface area contributed by atoms with Crippen molar-refractivity contribution in [1.29, 1.82) is 0 Å². The van der Waals surface area contributed by atoms with Gasteiger partial charge in [-0.15, -0.1) is 0 Å². The zero-order valence-electron chi connectivity index (χ0n) is 14.5. The van der Waals surface area contributed by atoms with E-state index in [2.05, 4.69) is 6.92 Å². The molecule has 4 heteroatoms. The monoisotopic (exact) mass is 425 g/mol. The van der Waals surface area contributed by atoms with Crippen LogP contribution in [-0.2, 0) is 4.79 Å². The van der Waals surface area contributed by atoms with Gasteiger partial charge in [-0.05, 0) is 6.42 Å². The first-order chi connectivity index (χ1) is 10.7. The zero-order valence-corrected chi connectivity index (χ0v) is 16.7. The molecule has 0 unspecified atom stereocenters. The van der Waals surface area contributed by atoms with Gasteiger partial charge in [0.25, 0.3) is 5.91 Å². The van der Waals surface area contributed by atoms with E-state index in [1.54, 1.807) is 22.9 Å². The van der Waals surface area contributed by atoms with Crippen LogP contribution in [0.1, 0.15) is 110 Å². The van der Waals surface area contributed by atoms with Gasteiger partial charge in [-0.2, -0.15) is 3.28 Å². The van der Waals surface area contributed by atoms with Gasteiger partial charge in [-0.1, -0.05) is 96.8 Å². The highest BCUT2D eigenvalue weighted by atomic mass is 127. The van der Waals surface area contributed by atoms with Gasteiger partial charge in [0.2, 0.25) is 0 Å². The summed E-state index contributed by atoms with van der Waals surface area (Å²) in [6.45, 7) is 2.27. The van der Waals surface area contributed by atoms with Crippen LogP contribution in [0.4, 0.5) is 0 Å². The summed E-state index contributed by atoms with van der Waals surface area (Å²) >= 11 is 1.61. The predicted molar refractivity (Wildman–Crippen MR) is 102 cm³/mol. The van der Waals surface area contributed by atoms with E-state index in [-0.39, 0.29) is 5.91 Å². The topological polar surface area (TPSA) is 40.5 Å². The molecule has 132 valence electrons. The van der Waals surface area contributed by atoms with Gasteiger partial charge in [-0.25, -0.2) is 0 Å².